The average Bonchev–Trinajstić information content (AvgIpc) is 3.19. The third kappa shape index (κ3) is 3.40. The largest absolute Gasteiger partial charge is 0.483 e. The Labute approximate surface area is 152 Å². The maximum Gasteiger partial charge on any atom is 0.258 e. The Balaban J connectivity index is 1.32. The molecule has 0 atom stereocenters. The summed E-state index contributed by atoms with van der Waals surface area (Å²) in [5.41, 5.74) is 1.80. The Morgan fingerprint density at radius 2 is 2.04 bits per heavy atom. The predicted octanol–water partition coefficient (Wildman–Crippen LogP) is 2.82. The number of fused-ring (bicyclic) bond motifs is 2. The van der Waals surface area contributed by atoms with Crippen LogP contribution >= 0.6 is 0 Å². The van der Waals surface area contributed by atoms with E-state index < -0.39 is 0 Å². The Kier molecular flexibility index (Phi) is 4.11. The normalized spacial score (nSPS) is 15.9. The quantitative estimate of drug-likeness (QED) is 0.893. The Hall–Kier alpha value is -2.89. The van der Waals surface area contributed by atoms with Gasteiger partial charge in [-0.3, -0.25) is 4.79 Å². The maximum atomic E-state index is 12.1. The molecule has 2 aliphatic rings. The number of hydrogen-bond acceptors (Lipinski definition) is 5. The molecule has 2 aliphatic heterocycles. The van der Waals surface area contributed by atoms with Crippen LogP contribution < -0.4 is 24.3 Å². The fourth-order valence-corrected chi connectivity index (χ4v) is 3.15. The number of carbonyl (C=O) groups is 1. The molecule has 0 spiro atoms. The number of nitrogens with one attached hydrogen (secondary N) is 1. The molecule has 0 unspecified atom stereocenters. The molecule has 0 bridgehead atoms. The van der Waals surface area contributed by atoms with Gasteiger partial charge in [-0.1, -0.05) is 18.2 Å². The fraction of sp³-hybridized carbons (Fsp3) is 0.350. The van der Waals surface area contributed by atoms with Gasteiger partial charge in [0.15, 0.2) is 29.6 Å². The molecule has 2 aromatic rings. The second-order valence-electron chi connectivity index (χ2n) is 7.04. The van der Waals surface area contributed by atoms with E-state index in [1.807, 2.05) is 50.2 Å². The molecule has 1 amide bonds. The Morgan fingerprint density at radius 1 is 1.19 bits per heavy atom. The number of rotatable bonds is 5. The van der Waals surface area contributed by atoms with Gasteiger partial charge in [0.2, 0.25) is 6.79 Å². The van der Waals surface area contributed by atoms with Crippen LogP contribution in [0.15, 0.2) is 36.4 Å². The molecular formula is C20H21NO5. The molecule has 0 saturated carbocycles. The van der Waals surface area contributed by atoms with E-state index >= 15 is 0 Å². The van der Waals surface area contributed by atoms with Crippen molar-refractivity contribution in [1.29, 1.82) is 0 Å². The first-order valence-corrected chi connectivity index (χ1v) is 8.59. The lowest BCUT2D eigenvalue weighted by molar-refractivity contribution is -0.123. The topological polar surface area (TPSA) is 66.0 Å². The molecule has 26 heavy (non-hydrogen) atoms. The van der Waals surface area contributed by atoms with Crippen LogP contribution in [-0.4, -0.2) is 24.9 Å². The zero-order valence-corrected chi connectivity index (χ0v) is 14.8. The summed E-state index contributed by atoms with van der Waals surface area (Å²) >= 11 is 0. The third-order valence-electron chi connectivity index (χ3n) is 4.34. The van der Waals surface area contributed by atoms with E-state index in [9.17, 15) is 4.79 Å². The van der Waals surface area contributed by atoms with E-state index in [0.29, 0.717) is 18.0 Å². The van der Waals surface area contributed by atoms with Crippen molar-refractivity contribution >= 4 is 5.91 Å². The summed E-state index contributed by atoms with van der Waals surface area (Å²) in [6.07, 6.45) is 0.829. The minimum atomic E-state index is -0.247. The third-order valence-corrected chi connectivity index (χ3v) is 4.34. The lowest BCUT2D eigenvalue weighted by atomic mass is 10.0. The van der Waals surface area contributed by atoms with Crippen LogP contribution in [0.1, 0.15) is 25.0 Å². The summed E-state index contributed by atoms with van der Waals surface area (Å²) in [5.74, 6) is 2.57. The highest BCUT2D eigenvalue weighted by molar-refractivity contribution is 5.77. The molecule has 6 heteroatoms. The summed E-state index contributed by atoms with van der Waals surface area (Å²) in [5, 5.41) is 2.84. The van der Waals surface area contributed by atoms with Gasteiger partial charge in [0.1, 0.15) is 5.60 Å². The van der Waals surface area contributed by atoms with Crippen molar-refractivity contribution in [2.45, 2.75) is 32.4 Å². The summed E-state index contributed by atoms with van der Waals surface area (Å²) < 4.78 is 22.2. The van der Waals surface area contributed by atoms with Gasteiger partial charge >= 0.3 is 0 Å². The molecule has 0 aromatic heterocycles. The van der Waals surface area contributed by atoms with Gasteiger partial charge in [-0.05, 0) is 37.6 Å². The minimum Gasteiger partial charge on any atom is -0.483 e. The van der Waals surface area contributed by atoms with Crippen molar-refractivity contribution in [2.24, 2.45) is 0 Å². The van der Waals surface area contributed by atoms with Gasteiger partial charge < -0.3 is 24.3 Å². The first-order chi connectivity index (χ1) is 12.5. The number of carbonyl (C=O) groups excluding carboxylic acids is 1. The molecule has 0 radical (unpaired) electrons. The lowest BCUT2D eigenvalue weighted by Crippen LogP contribution is -2.28. The van der Waals surface area contributed by atoms with Gasteiger partial charge in [0.25, 0.3) is 5.91 Å². The van der Waals surface area contributed by atoms with Crippen LogP contribution in [0, 0.1) is 0 Å². The Morgan fingerprint density at radius 3 is 2.92 bits per heavy atom. The van der Waals surface area contributed by atoms with E-state index in [1.165, 1.54) is 0 Å². The number of benzene rings is 2. The number of ether oxygens (including phenoxy) is 4. The van der Waals surface area contributed by atoms with Crippen LogP contribution in [0.25, 0.3) is 0 Å². The van der Waals surface area contributed by atoms with Gasteiger partial charge in [-0.15, -0.1) is 0 Å². The van der Waals surface area contributed by atoms with Gasteiger partial charge in [-0.25, -0.2) is 0 Å². The summed E-state index contributed by atoms with van der Waals surface area (Å²) in [4.78, 5) is 12.1. The first-order valence-electron chi connectivity index (χ1n) is 8.59. The van der Waals surface area contributed by atoms with Crippen molar-refractivity contribution in [3.63, 3.8) is 0 Å². The van der Waals surface area contributed by atoms with E-state index in [1.54, 1.807) is 0 Å². The molecule has 2 aromatic carbocycles. The molecule has 0 saturated heterocycles. The second kappa shape index (κ2) is 6.44. The van der Waals surface area contributed by atoms with Crippen molar-refractivity contribution in [2.75, 3.05) is 13.4 Å². The van der Waals surface area contributed by atoms with E-state index in [0.717, 1.165) is 29.0 Å². The van der Waals surface area contributed by atoms with E-state index in [-0.39, 0.29) is 24.9 Å². The van der Waals surface area contributed by atoms with Gasteiger partial charge in [-0.2, -0.15) is 0 Å². The molecule has 2 heterocycles. The molecule has 4 rings (SSSR count). The van der Waals surface area contributed by atoms with Crippen molar-refractivity contribution < 1.29 is 23.7 Å². The highest BCUT2D eigenvalue weighted by Crippen LogP contribution is 2.41. The Bertz CT molecular complexity index is 846. The zero-order chi connectivity index (χ0) is 18.1. The SMILES string of the molecule is CC1(C)Cc2cccc(OCC(=O)NCc3ccc4c(c3)OCO4)c2O1. The van der Waals surface area contributed by atoms with E-state index in [4.69, 9.17) is 18.9 Å². The van der Waals surface area contributed by atoms with Crippen molar-refractivity contribution in [1.82, 2.24) is 5.32 Å². The summed E-state index contributed by atoms with van der Waals surface area (Å²) in [6.45, 7) is 4.64. The predicted molar refractivity (Wildman–Crippen MR) is 94.8 cm³/mol. The van der Waals surface area contributed by atoms with Crippen LogP contribution in [0.4, 0.5) is 0 Å². The molecule has 0 fully saturated rings. The fourth-order valence-electron chi connectivity index (χ4n) is 3.15. The highest BCUT2D eigenvalue weighted by Gasteiger charge is 2.32. The monoisotopic (exact) mass is 355 g/mol. The van der Waals surface area contributed by atoms with Crippen molar-refractivity contribution in [3.05, 3.63) is 47.5 Å². The minimum absolute atomic E-state index is 0.0647. The standard InChI is InChI=1S/C20H21NO5/c1-20(2)9-14-4-3-5-16(19(14)26-20)23-11-18(22)21-10-13-6-7-15-17(8-13)25-12-24-15/h3-8H,9-12H2,1-2H3,(H,21,22). The van der Waals surface area contributed by atoms with Crippen LogP contribution in [-0.2, 0) is 17.8 Å². The second-order valence-corrected chi connectivity index (χ2v) is 7.04. The maximum absolute atomic E-state index is 12.1. The van der Waals surface area contributed by atoms with E-state index in [2.05, 4.69) is 5.32 Å². The van der Waals surface area contributed by atoms with Crippen LogP contribution in [0.3, 0.4) is 0 Å². The zero-order valence-electron chi connectivity index (χ0n) is 14.8. The molecular weight excluding hydrogens is 334 g/mol. The molecule has 6 nitrogen and oxygen atoms in total. The van der Waals surface area contributed by atoms with Gasteiger partial charge in [0, 0.05) is 18.5 Å². The first kappa shape index (κ1) is 16.6. The van der Waals surface area contributed by atoms with Crippen molar-refractivity contribution in [3.8, 4) is 23.0 Å². The van der Waals surface area contributed by atoms with Crippen LogP contribution in [0.5, 0.6) is 23.0 Å². The summed E-state index contributed by atoms with van der Waals surface area (Å²) in [6, 6.07) is 11.4. The molecule has 1 N–H and O–H groups in total. The summed E-state index contributed by atoms with van der Waals surface area (Å²) in [7, 11) is 0. The smallest absolute Gasteiger partial charge is 0.258 e. The molecule has 136 valence electrons. The number of para-hydroxylation sites is 1. The lowest BCUT2D eigenvalue weighted by Gasteiger charge is -2.18. The average molecular weight is 355 g/mol. The number of hydrogen-bond donors (Lipinski definition) is 1. The van der Waals surface area contributed by atoms with Crippen LogP contribution in [0.2, 0.25) is 0 Å². The number of amides is 1. The van der Waals surface area contributed by atoms with Gasteiger partial charge in [0.05, 0.1) is 0 Å². The highest BCUT2D eigenvalue weighted by atomic mass is 16.7. The molecule has 0 aliphatic carbocycles.